The highest BCUT2D eigenvalue weighted by Gasteiger charge is 2.16. The normalized spacial score (nSPS) is 17.9. The van der Waals surface area contributed by atoms with Crippen molar-refractivity contribution in [1.29, 1.82) is 0 Å². The first kappa shape index (κ1) is 13.9. The molecule has 1 atom stereocenters. The highest BCUT2D eigenvalue weighted by molar-refractivity contribution is 5.98. The zero-order valence-corrected chi connectivity index (χ0v) is 12.1. The van der Waals surface area contributed by atoms with Crippen LogP contribution in [0.5, 0.6) is 5.75 Å². The molecule has 3 rings (SSSR count). The molecular formula is C17H19NO3. The highest BCUT2D eigenvalue weighted by atomic mass is 16.5. The van der Waals surface area contributed by atoms with Gasteiger partial charge in [0.25, 0.3) is 5.91 Å². The van der Waals surface area contributed by atoms with Gasteiger partial charge in [0, 0.05) is 18.7 Å². The first-order chi connectivity index (χ1) is 10.3. The Labute approximate surface area is 124 Å². The smallest absolute Gasteiger partial charge is 0.251 e. The van der Waals surface area contributed by atoms with Crippen molar-refractivity contribution >= 4 is 16.7 Å². The summed E-state index contributed by atoms with van der Waals surface area (Å²) in [6, 6.07) is 11.5. The number of rotatable bonds is 4. The van der Waals surface area contributed by atoms with Crippen molar-refractivity contribution in [2.45, 2.75) is 18.9 Å². The summed E-state index contributed by atoms with van der Waals surface area (Å²) in [5.41, 5.74) is 0.672. The average Bonchev–Trinajstić information content (AvgIpc) is 3.05. The van der Waals surface area contributed by atoms with Crippen LogP contribution in [0.25, 0.3) is 10.8 Å². The number of hydrogen-bond donors (Lipinski definition) is 1. The van der Waals surface area contributed by atoms with Gasteiger partial charge in [0.1, 0.15) is 5.75 Å². The predicted octanol–water partition coefficient (Wildman–Crippen LogP) is 2.76. The maximum atomic E-state index is 12.2. The topological polar surface area (TPSA) is 47.6 Å². The monoisotopic (exact) mass is 285 g/mol. The van der Waals surface area contributed by atoms with Crippen molar-refractivity contribution in [3.05, 3.63) is 42.0 Å². The van der Waals surface area contributed by atoms with Gasteiger partial charge in [0.15, 0.2) is 0 Å². The number of carbonyl (C=O) groups is 1. The van der Waals surface area contributed by atoms with E-state index in [2.05, 4.69) is 5.32 Å². The van der Waals surface area contributed by atoms with Gasteiger partial charge in [-0.3, -0.25) is 4.79 Å². The molecule has 0 aromatic heterocycles. The summed E-state index contributed by atoms with van der Waals surface area (Å²) in [5.74, 6) is 0.765. The number of hydrogen-bond acceptors (Lipinski definition) is 3. The maximum absolute atomic E-state index is 12.2. The summed E-state index contributed by atoms with van der Waals surface area (Å²) < 4.78 is 10.7. The van der Waals surface area contributed by atoms with Crippen molar-refractivity contribution in [3.8, 4) is 5.75 Å². The molecule has 110 valence electrons. The van der Waals surface area contributed by atoms with Crippen molar-refractivity contribution in [2.75, 3.05) is 20.3 Å². The van der Waals surface area contributed by atoms with Gasteiger partial charge >= 0.3 is 0 Å². The van der Waals surface area contributed by atoms with Crippen LogP contribution in [-0.2, 0) is 4.74 Å². The molecular weight excluding hydrogens is 266 g/mol. The molecule has 0 saturated carbocycles. The molecule has 1 fully saturated rings. The second-order valence-electron chi connectivity index (χ2n) is 5.27. The van der Waals surface area contributed by atoms with E-state index in [0.717, 1.165) is 36.0 Å². The molecule has 1 unspecified atom stereocenters. The SMILES string of the molecule is COc1ccc2cc(C(=O)NCC3CCCO3)ccc2c1. The lowest BCUT2D eigenvalue weighted by atomic mass is 10.1. The minimum Gasteiger partial charge on any atom is -0.497 e. The number of fused-ring (bicyclic) bond motifs is 1. The highest BCUT2D eigenvalue weighted by Crippen LogP contribution is 2.22. The van der Waals surface area contributed by atoms with Crippen LogP contribution in [-0.4, -0.2) is 32.3 Å². The molecule has 2 aromatic rings. The Morgan fingerprint density at radius 2 is 2.10 bits per heavy atom. The number of ether oxygens (including phenoxy) is 2. The molecule has 1 aliphatic rings. The summed E-state index contributed by atoms with van der Waals surface area (Å²) in [5, 5.41) is 5.03. The molecule has 1 saturated heterocycles. The predicted molar refractivity (Wildman–Crippen MR) is 81.8 cm³/mol. The van der Waals surface area contributed by atoms with Crippen LogP contribution >= 0.6 is 0 Å². The molecule has 0 radical (unpaired) electrons. The Morgan fingerprint density at radius 3 is 2.86 bits per heavy atom. The third kappa shape index (κ3) is 3.16. The number of carbonyl (C=O) groups excluding carboxylic acids is 1. The Kier molecular flexibility index (Phi) is 4.06. The second kappa shape index (κ2) is 6.14. The fourth-order valence-corrected chi connectivity index (χ4v) is 2.61. The molecule has 0 aliphatic carbocycles. The summed E-state index contributed by atoms with van der Waals surface area (Å²) in [7, 11) is 1.65. The quantitative estimate of drug-likeness (QED) is 0.939. The van der Waals surface area contributed by atoms with Crippen molar-refractivity contribution in [3.63, 3.8) is 0 Å². The van der Waals surface area contributed by atoms with E-state index in [1.54, 1.807) is 7.11 Å². The van der Waals surface area contributed by atoms with E-state index in [1.807, 2.05) is 36.4 Å². The molecule has 1 aliphatic heterocycles. The van der Waals surface area contributed by atoms with Gasteiger partial charge in [-0.15, -0.1) is 0 Å². The van der Waals surface area contributed by atoms with Gasteiger partial charge in [0.05, 0.1) is 13.2 Å². The number of nitrogens with one attached hydrogen (secondary N) is 1. The van der Waals surface area contributed by atoms with E-state index >= 15 is 0 Å². The fourth-order valence-electron chi connectivity index (χ4n) is 2.61. The van der Waals surface area contributed by atoms with Crippen LogP contribution in [0.1, 0.15) is 23.2 Å². The van der Waals surface area contributed by atoms with E-state index < -0.39 is 0 Å². The van der Waals surface area contributed by atoms with E-state index in [4.69, 9.17) is 9.47 Å². The zero-order chi connectivity index (χ0) is 14.7. The average molecular weight is 285 g/mol. The Morgan fingerprint density at radius 1 is 1.29 bits per heavy atom. The molecule has 1 heterocycles. The molecule has 4 nitrogen and oxygen atoms in total. The molecule has 2 aromatic carbocycles. The first-order valence-electron chi connectivity index (χ1n) is 7.24. The van der Waals surface area contributed by atoms with Crippen LogP contribution in [0.15, 0.2) is 36.4 Å². The number of benzene rings is 2. The molecule has 0 spiro atoms. The molecule has 0 bridgehead atoms. The largest absolute Gasteiger partial charge is 0.497 e. The van der Waals surface area contributed by atoms with E-state index in [0.29, 0.717) is 12.1 Å². The van der Waals surface area contributed by atoms with Crippen LogP contribution < -0.4 is 10.1 Å². The third-order valence-corrected chi connectivity index (χ3v) is 3.82. The minimum atomic E-state index is -0.0526. The third-order valence-electron chi connectivity index (χ3n) is 3.82. The molecule has 21 heavy (non-hydrogen) atoms. The van der Waals surface area contributed by atoms with Gasteiger partial charge in [-0.05, 0) is 47.9 Å². The lowest BCUT2D eigenvalue weighted by Crippen LogP contribution is -2.31. The summed E-state index contributed by atoms with van der Waals surface area (Å²) >= 11 is 0. The fraction of sp³-hybridized carbons (Fsp3) is 0.353. The van der Waals surface area contributed by atoms with Crippen molar-refractivity contribution in [1.82, 2.24) is 5.32 Å². The first-order valence-corrected chi connectivity index (χ1v) is 7.24. The van der Waals surface area contributed by atoms with Crippen LogP contribution in [0.3, 0.4) is 0 Å². The maximum Gasteiger partial charge on any atom is 0.251 e. The number of methoxy groups -OCH3 is 1. The second-order valence-corrected chi connectivity index (χ2v) is 5.27. The molecule has 4 heteroatoms. The summed E-state index contributed by atoms with van der Waals surface area (Å²) in [6.45, 7) is 1.39. The summed E-state index contributed by atoms with van der Waals surface area (Å²) in [6.07, 6.45) is 2.27. The Balaban J connectivity index is 1.72. The van der Waals surface area contributed by atoms with E-state index in [1.165, 1.54) is 0 Å². The summed E-state index contributed by atoms with van der Waals surface area (Å²) in [4.78, 5) is 12.2. The standard InChI is InChI=1S/C17H19NO3/c1-20-15-7-6-12-9-14(5-4-13(12)10-15)17(19)18-11-16-3-2-8-21-16/h4-7,9-10,16H,2-3,8,11H2,1H3,(H,18,19). The van der Waals surface area contributed by atoms with Crippen molar-refractivity contribution < 1.29 is 14.3 Å². The van der Waals surface area contributed by atoms with Gasteiger partial charge < -0.3 is 14.8 Å². The van der Waals surface area contributed by atoms with Gasteiger partial charge in [0.2, 0.25) is 0 Å². The van der Waals surface area contributed by atoms with Gasteiger partial charge in [-0.25, -0.2) is 0 Å². The van der Waals surface area contributed by atoms with Crippen LogP contribution in [0.4, 0.5) is 0 Å². The van der Waals surface area contributed by atoms with Crippen molar-refractivity contribution in [2.24, 2.45) is 0 Å². The van der Waals surface area contributed by atoms with Crippen LogP contribution in [0, 0.1) is 0 Å². The molecule has 1 amide bonds. The van der Waals surface area contributed by atoms with Gasteiger partial charge in [-0.1, -0.05) is 12.1 Å². The molecule has 1 N–H and O–H groups in total. The zero-order valence-electron chi connectivity index (χ0n) is 12.1. The Bertz CT molecular complexity index is 648. The lowest BCUT2D eigenvalue weighted by molar-refractivity contribution is 0.0858. The van der Waals surface area contributed by atoms with Crippen LogP contribution in [0.2, 0.25) is 0 Å². The number of amides is 1. The Hall–Kier alpha value is -2.07. The minimum absolute atomic E-state index is 0.0526. The van der Waals surface area contributed by atoms with E-state index in [-0.39, 0.29) is 12.0 Å². The lowest BCUT2D eigenvalue weighted by Gasteiger charge is -2.11. The van der Waals surface area contributed by atoms with Gasteiger partial charge in [-0.2, -0.15) is 0 Å². The van der Waals surface area contributed by atoms with E-state index in [9.17, 15) is 4.79 Å².